The number of hydrogen-bond donors (Lipinski definition) is 1. The van der Waals surface area contributed by atoms with Crippen molar-refractivity contribution in [3.63, 3.8) is 0 Å². The van der Waals surface area contributed by atoms with Crippen LogP contribution in [0.25, 0.3) is 5.69 Å². The Morgan fingerprint density at radius 1 is 1.41 bits per heavy atom. The van der Waals surface area contributed by atoms with Gasteiger partial charge in [-0.1, -0.05) is 6.07 Å². The summed E-state index contributed by atoms with van der Waals surface area (Å²) in [6, 6.07) is 5.23. The first-order valence-corrected chi connectivity index (χ1v) is 5.60. The standard InChI is InChI=1S/C12H13FN4/c13-10-5-9(12(6-14)3-4-12)1-2-11(10)17-8-15-7-16-17/h1-2,5,7-8H,3-4,6,14H2. The van der Waals surface area contributed by atoms with Crippen LogP contribution < -0.4 is 5.73 Å². The highest BCUT2D eigenvalue weighted by atomic mass is 19.1. The van der Waals surface area contributed by atoms with Crippen LogP contribution in [0.4, 0.5) is 4.39 Å². The molecule has 0 unspecified atom stereocenters. The Balaban J connectivity index is 2.00. The third kappa shape index (κ3) is 1.63. The predicted octanol–water partition coefficient (Wildman–Crippen LogP) is 1.40. The van der Waals surface area contributed by atoms with Crippen LogP contribution in [0.15, 0.2) is 30.9 Å². The molecular weight excluding hydrogens is 219 g/mol. The highest BCUT2D eigenvalue weighted by Crippen LogP contribution is 2.47. The molecule has 0 amide bonds. The van der Waals surface area contributed by atoms with E-state index in [9.17, 15) is 4.39 Å². The summed E-state index contributed by atoms with van der Waals surface area (Å²) in [4.78, 5) is 3.80. The lowest BCUT2D eigenvalue weighted by molar-refractivity contribution is 0.601. The van der Waals surface area contributed by atoms with E-state index >= 15 is 0 Å². The molecule has 1 aromatic carbocycles. The molecule has 1 heterocycles. The topological polar surface area (TPSA) is 56.7 Å². The van der Waals surface area contributed by atoms with Gasteiger partial charge in [-0.2, -0.15) is 5.10 Å². The Morgan fingerprint density at radius 2 is 2.24 bits per heavy atom. The Hall–Kier alpha value is -1.75. The van der Waals surface area contributed by atoms with E-state index in [1.165, 1.54) is 17.3 Å². The van der Waals surface area contributed by atoms with Crippen molar-refractivity contribution in [2.75, 3.05) is 6.54 Å². The van der Waals surface area contributed by atoms with Crippen LogP contribution in [0.5, 0.6) is 0 Å². The zero-order valence-electron chi connectivity index (χ0n) is 9.31. The lowest BCUT2D eigenvalue weighted by atomic mass is 9.96. The lowest BCUT2D eigenvalue weighted by Crippen LogP contribution is -2.20. The van der Waals surface area contributed by atoms with Crippen molar-refractivity contribution in [2.24, 2.45) is 5.73 Å². The van der Waals surface area contributed by atoms with E-state index in [1.807, 2.05) is 6.07 Å². The molecule has 0 atom stereocenters. The van der Waals surface area contributed by atoms with E-state index in [1.54, 1.807) is 12.1 Å². The monoisotopic (exact) mass is 232 g/mol. The number of aromatic nitrogens is 3. The molecule has 1 aliphatic rings. The van der Waals surface area contributed by atoms with Crippen molar-refractivity contribution in [3.05, 3.63) is 42.2 Å². The molecule has 0 aliphatic heterocycles. The van der Waals surface area contributed by atoms with Crippen LogP contribution >= 0.6 is 0 Å². The van der Waals surface area contributed by atoms with Crippen molar-refractivity contribution in [1.29, 1.82) is 0 Å². The summed E-state index contributed by atoms with van der Waals surface area (Å²) in [5.74, 6) is -0.285. The number of nitrogens with two attached hydrogens (primary N) is 1. The van der Waals surface area contributed by atoms with Crippen molar-refractivity contribution in [2.45, 2.75) is 18.3 Å². The Labute approximate surface area is 98.3 Å². The third-order valence-corrected chi connectivity index (χ3v) is 3.47. The summed E-state index contributed by atoms with van der Waals surface area (Å²) in [7, 11) is 0. The van der Waals surface area contributed by atoms with E-state index in [-0.39, 0.29) is 11.2 Å². The second-order valence-electron chi connectivity index (χ2n) is 4.49. The van der Waals surface area contributed by atoms with Gasteiger partial charge in [-0.25, -0.2) is 14.1 Å². The van der Waals surface area contributed by atoms with Gasteiger partial charge < -0.3 is 5.73 Å². The molecule has 5 heteroatoms. The number of benzene rings is 1. The van der Waals surface area contributed by atoms with Crippen LogP contribution in [-0.4, -0.2) is 21.3 Å². The summed E-state index contributed by atoms with van der Waals surface area (Å²) in [6.07, 6.45) is 4.96. The largest absolute Gasteiger partial charge is 0.330 e. The highest BCUT2D eigenvalue weighted by molar-refractivity contribution is 5.40. The van der Waals surface area contributed by atoms with Gasteiger partial charge in [0.2, 0.25) is 0 Å². The van der Waals surface area contributed by atoms with Crippen LogP contribution in [-0.2, 0) is 5.41 Å². The van der Waals surface area contributed by atoms with E-state index in [4.69, 9.17) is 5.73 Å². The normalized spacial score (nSPS) is 17.1. The van der Waals surface area contributed by atoms with Crippen LogP contribution in [0.1, 0.15) is 18.4 Å². The van der Waals surface area contributed by atoms with Gasteiger partial charge in [0.05, 0.1) is 0 Å². The molecule has 3 rings (SSSR count). The van der Waals surface area contributed by atoms with E-state index in [0.29, 0.717) is 12.2 Å². The molecule has 0 bridgehead atoms. The molecule has 1 fully saturated rings. The Kier molecular flexibility index (Phi) is 2.22. The van der Waals surface area contributed by atoms with E-state index in [2.05, 4.69) is 10.1 Å². The van der Waals surface area contributed by atoms with Gasteiger partial charge in [0.1, 0.15) is 24.2 Å². The second kappa shape index (κ2) is 3.63. The second-order valence-corrected chi connectivity index (χ2v) is 4.49. The van der Waals surface area contributed by atoms with E-state index in [0.717, 1.165) is 18.4 Å². The SMILES string of the molecule is NCC1(c2ccc(-n3cncn3)c(F)c2)CC1. The smallest absolute Gasteiger partial charge is 0.149 e. The zero-order valence-corrected chi connectivity index (χ0v) is 9.31. The summed E-state index contributed by atoms with van der Waals surface area (Å²) in [5.41, 5.74) is 7.15. The Morgan fingerprint density at radius 3 is 2.76 bits per heavy atom. The van der Waals surface area contributed by atoms with Gasteiger partial charge in [0.15, 0.2) is 0 Å². The highest BCUT2D eigenvalue weighted by Gasteiger charge is 2.43. The molecule has 88 valence electrons. The van der Waals surface area contributed by atoms with Crippen molar-refractivity contribution in [3.8, 4) is 5.69 Å². The third-order valence-electron chi connectivity index (χ3n) is 3.47. The number of rotatable bonds is 3. The first-order chi connectivity index (χ1) is 8.25. The first-order valence-electron chi connectivity index (χ1n) is 5.60. The van der Waals surface area contributed by atoms with Gasteiger partial charge in [-0.15, -0.1) is 0 Å². The minimum Gasteiger partial charge on any atom is -0.330 e. The molecular formula is C12H13FN4. The maximum atomic E-state index is 14.0. The lowest BCUT2D eigenvalue weighted by Gasteiger charge is -2.13. The van der Waals surface area contributed by atoms with Crippen LogP contribution in [0.3, 0.4) is 0 Å². The van der Waals surface area contributed by atoms with Crippen LogP contribution in [0, 0.1) is 5.82 Å². The van der Waals surface area contributed by atoms with Crippen molar-refractivity contribution >= 4 is 0 Å². The van der Waals surface area contributed by atoms with Crippen molar-refractivity contribution < 1.29 is 4.39 Å². The first kappa shape index (κ1) is 10.4. The minimum atomic E-state index is -0.285. The van der Waals surface area contributed by atoms with Crippen LogP contribution in [0.2, 0.25) is 0 Å². The average molecular weight is 232 g/mol. The van der Waals surface area contributed by atoms with Gasteiger partial charge >= 0.3 is 0 Å². The summed E-state index contributed by atoms with van der Waals surface area (Å²) >= 11 is 0. The van der Waals surface area contributed by atoms with E-state index < -0.39 is 0 Å². The maximum absolute atomic E-state index is 14.0. The molecule has 0 radical (unpaired) electrons. The fraction of sp³-hybridized carbons (Fsp3) is 0.333. The fourth-order valence-electron chi connectivity index (χ4n) is 2.12. The van der Waals surface area contributed by atoms with Gasteiger partial charge in [0, 0.05) is 12.0 Å². The molecule has 2 N–H and O–H groups in total. The average Bonchev–Trinajstić information content (AvgIpc) is 2.97. The maximum Gasteiger partial charge on any atom is 0.149 e. The number of nitrogens with zero attached hydrogens (tertiary/aromatic N) is 3. The predicted molar refractivity (Wildman–Crippen MR) is 61.3 cm³/mol. The molecule has 1 saturated carbocycles. The molecule has 17 heavy (non-hydrogen) atoms. The van der Waals surface area contributed by atoms with Gasteiger partial charge in [-0.05, 0) is 30.5 Å². The molecule has 1 aromatic heterocycles. The molecule has 2 aromatic rings. The van der Waals surface area contributed by atoms with Crippen molar-refractivity contribution in [1.82, 2.24) is 14.8 Å². The number of halogens is 1. The summed E-state index contributed by atoms with van der Waals surface area (Å²) in [5, 5.41) is 3.92. The fourth-order valence-corrected chi connectivity index (χ4v) is 2.12. The van der Waals surface area contributed by atoms with Gasteiger partial charge in [0.25, 0.3) is 0 Å². The summed E-state index contributed by atoms with van der Waals surface area (Å²) in [6.45, 7) is 0.578. The molecule has 0 spiro atoms. The molecule has 0 saturated heterocycles. The Bertz CT molecular complexity index is 531. The summed E-state index contributed by atoms with van der Waals surface area (Å²) < 4.78 is 15.4. The minimum absolute atomic E-state index is 0.0156. The number of hydrogen-bond acceptors (Lipinski definition) is 3. The zero-order chi connectivity index (χ0) is 11.9. The molecule has 1 aliphatic carbocycles. The molecule has 4 nitrogen and oxygen atoms in total. The quantitative estimate of drug-likeness (QED) is 0.870. The van der Waals surface area contributed by atoms with Gasteiger partial charge in [-0.3, -0.25) is 0 Å².